The van der Waals surface area contributed by atoms with Crippen LogP contribution >= 0.6 is 34.8 Å². The van der Waals surface area contributed by atoms with Gasteiger partial charge in [-0.1, -0.05) is 65.1 Å². The Morgan fingerprint density at radius 2 is 1.52 bits per heavy atom. The highest BCUT2D eigenvalue weighted by atomic mass is 35.5. The minimum Gasteiger partial charge on any atom is -0.348 e. The first-order chi connectivity index (χ1) is 14.6. The molecule has 162 valence electrons. The van der Waals surface area contributed by atoms with Crippen molar-refractivity contribution in [3.05, 3.63) is 98.5 Å². The Kier molecular flexibility index (Phi) is 7.49. The molecule has 0 radical (unpaired) electrons. The van der Waals surface area contributed by atoms with E-state index >= 15 is 0 Å². The highest BCUT2D eigenvalue weighted by Gasteiger charge is 2.21. The van der Waals surface area contributed by atoms with Crippen molar-refractivity contribution in [1.29, 1.82) is 0 Å². The van der Waals surface area contributed by atoms with E-state index in [9.17, 15) is 13.2 Å². The maximum absolute atomic E-state index is 12.4. The number of benzene rings is 3. The molecule has 1 N–H and O–H groups in total. The lowest BCUT2D eigenvalue weighted by Crippen LogP contribution is -2.29. The van der Waals surface area contributed by atoms with Gasteiger partial charge < -0.3 is 5.32 Å². The van der Waals surface area contributed by atoms with Crippen molar-refractivity contribution < 1.29 is 13.2 Å². The van der Waals surface area contributed by atoms with E-state index in [4.69, 9.17) is 34.8 Å². The second kappa shape index (κ2) is 9.92. The third-order valence-electron chi connectivity index (χ3n) is 4.51. The zero-order chi connectivity index (χ0) is 22.6. The number of hydrogen-bond acceptors (Lipinski definition) is 3. The molecule has 0 aliphatic rings. The van der Waals surface area contributed by atoms with Crippen LogP contribution in [0.5, 0.6) is 0 Å². The summed E-state index contributed by atoms with van der Waals surface area (Å²) in [6.07, 6.45) is 1.10. The average molecular weight is 498 g/mol. The number of nitrogens with zero attached hydrogens (tertiary/aromatic N) is 1. The number of nitrogens with one attached hydrogen (secondary N) is 1. The smallest absolute Gasteiger partial charge is 0.251 e. The highest BCUT2D eigenvalue weighted by molar-refractivity contribution is 7.92. The SMILES string of the molecule is CS(=O)(=O)N(Cc1ccc(C(=O)NCc2ccc(Cl)cc2)cc1)c1cccc(Cl)c1Cl. The molecule has 0 aliphatic carbocycles. The molecule has 0 unspecified atom stereocenters. The third kappa shape index (κ3) is 6.14. The lowest BCUT2D eigenvalue weighted by molar-refractivity contribution is 0.0951. The number of hydrogen-bond donors (Lipinski definition) is 1. The Morgan fingerprint density at radius 3 is 2.13 bits per heavy atom. The second-order valence-corrected chi connectivity index (χ2v) is 9.98. The number of rotatable bonds is 7. The molecule has 0 aromatic heterocycles. The molecule has 0 fully saturated rings. The van der Waals surface area contributed by atoms with Gasteiger partial charge in [0.1, 0.15) is 0 Å². The van der Waals surface area contributed by atoms with Crippen LogP contribution in [0.2, 0.25) is 15.1 Å². The molecule has 5 nitrogen and oxygen atoms in total. The molecule has 0 spiro atoms. The van der Waals surface area contributed by atoms with Crippen LogP contribution < -0.4 is 9.62 Å². The maximum atomic E-state index is 12.4. The first kappa shape index (κ1) is 23.4. The number of amides is 1. The van der Waals surface area contributed by atoms with Gasteiger partial charge in [-0.15, -0.1) is 0 Å². The fourth-order valence-corrected chi connectivity index (χ4v) is 4.35. The van der Waals surface area contributed by atoms with Gasteiger partial charge in [-0.05, 0) is 47.5 Å². The van der Waals surface area contributed by atoms with Crippen molar-refractivity contribution in [3.63, 3.8) is 0 Å². The molecule has 0 bridgehead atoms. The van der Waals surface area contributed by atoms with Crippen molar-refractivity contribution in [2.75, 3.05) is 10.6 Å². The second-order valence-electron chi connectivity index (χ2n) is 6.85. The van der Waals surface area contributed by atoms with Crippen LogP contribution in [0.4, 0.5) is 5.69 Å². The van der Waals surface area contributed by atoms with Gasteiger partial charge in [-0.3, -0.25) is 9.10 Å². The standard InChI is InChI=1S/C22H19Cl3N2O3S/c1-31(29,30)27(20-4-2-3-19(24)21(20)25)14-16-5-9-17(10-6-16)22(28)26-13-15-7-11-18(23)12-8-15/h2-12H,13-14H2,1H3,(H,26,28). The van der Waals surface area contributed by atoms with Gasteiger partial charge in [0.15, 0.2) is 0 Å². The molecule has 31 heavy (non-hydrogen) atoms. The lowest BCUT2D eigenvalue weighted by Gasteiger charge is -2.24. The molecule has 3 rings (SSSR count). The van der Waals surface area contributed by atoms with Gasteiger partial charge in [0.05, 0.1) is 28.5 Å². The van der Waals surface area contributed by atoms with E-state index < -0.39 is 10.0 Å². The predicted octanol–water partition coefficient (Wildman–Crippen LogP) is 5.54. The van der Waals surface area contributed by atoms with Crippen LogP contribution in [-0.4, -0.2) is 20.6 Å². The average Bonchev–Trinajstić information content (AvgIpc) is 2.73. The lowest BCUT2D eigenvalue weighted by atomic mass is 10.1. The summed E-state index contributed by atoms with van der Waals surface area (Å²) in [4.78, 5) is 12.4. The fraction of sp³-hybridized carbons (Fsp3) is 0.136. The summed E-state index contributed by atoms with van der Waals surface area (Å²) < 4.78 is 25.9. The van der Waals surface area contributed by atoms with Gasteiger partial charge in [0, 0.05) is 17.1 Å². The minimum atomic E-state index is -3.62. The van der Waals surface area contributed by atoms with Gasteiger partial charge in [0.2, 0.25) is 10.0 Å². The Hall–Kier alpha value is -2.25. The number of carbonyl (C=O) groups is 1. The van der Waals surface area contributed by atoms with Gasteiger partial charge in [-0.25, -0.2) is 8.42 Å². The summed E-state index contributed by atoms with van der Waals surface area (Å²) in [5.41, 5.74) is 2.37. The first-order valence-corrected chi connectivity index (χ1v) is 12.2. The first-order valence-electron chi connectivity index (χ1n) is 9.18. The largest absolute Gasteiger partial charge is 0.348 e. The molecule has 1 amide bonds. The summed E-state index contributed by atoms with van der Waals surface area (Å²) >= 11 is 18.1. The van der Waals surface area contributed by atoms with Crippen molar-refractivity contribution in [2.45, 2.75) is 13.1 Å². The highest BCUT2D eigenvalue weighted by Crippen LogP contribution is 2.34. The molecule has 0 heterocycles. The van der Waals surface area contributed by atoms with E-state index in [-0.39, 0.29) is 22.5 Å². The van der Waals surface area contributed by atoms with E-state index in [2.05, 4.69) is 5.32 Å². The number of halogens is 3. The van der Waals surface area contributed by atoms with E-state index in [0.717, 1.165) is 11.8 Å². The molecule has 0 atom stereocenters. The molecule has 0 saturated carbocycles. The molecular formula is C22H19Cl3N2O3S. The number of sulfonamides is 1. The van der Waals surface area contributed by atoms with E-state index in [0.29, 0.717) is 28.4 Å². The third-order valence-corrected chi connectivity index (χ3v) is 6.70. The Morgan fingerprint density at radius 1 is 0.903 bits per heavy atom. The molecule has 3 aromatic rings. The Labute approximate surface area is 196 Å². The van der Waals surface area contributed by atoms with Gasteiger partial charge in [0.25, 0.3) is 5.91 Å². The van der Waals surface area contributed by atoms with Crippen LogP contribution in [0, 0.1) is 0 Å². The van der Waals surface area contributed by atoms with Gasteiger partial charge >= 0.3 is 0 Å². The Balaban J connectivity index is 1.72. The molecule has 9 heteroatoms. The monoisotopic (exact) mass is 496 g/mol. The van der Waals surface area contributed by atoms with Crippen molar-refractivity contribution in [2.24, 2.45) is 0 Å². The molecular weight excluding hydrogens is 479 g/mol. The van der Waals surface area contributed by atoms with E-state index in [1.807, 2.05) is 12.1 Å². The molecule has 3 aromatic carbocycles. The van der Waals surface area contributed by atoms with Crippen LogP contribution in [-0.2, 0) is 23.1 Å². The topological polar surface area (TPSA) is 66.5 Å². The quantitative estimate of drug-likeness (QED) is 0.466. The van der Waals surface area contributed by atoms with Crippen molar-refractivity contribution >= 4 is 56.4 Å². The van der Waals surface area contributed by atoms with Crippen molar-refractivity contribution in [1.82, 2.24) is 5.32 Å². The predicted molar refractivity (Wildman–Crippen MR) is 127 cm³/mol. The Bertz CT molecular complexity index is 1180. The molecule has 0 saturated heterocycles. The molecule has 0 aliphatic heterocycles. The van der Waals surface area contributed by atoms with E-state index in [1.165, 1.54) is 4.31 Å². The van der Waals surface area contributed by atoms with Crippen LogP contribution in [0.1, 0.15) is 21.5 Å². The number of anilines is 1. The summed E-state index contributed by atoms with van der Waals surface area (Å²) in [7, 11) is -3.62. The number of carbonyl (C=O) groups excluding carboxylic acids is 1. The summed E-state index contributed by atoms with van der Waals surface area (Å²) in [5.74, 6) is -0.237. The zero-order valence-corrected chi connectivity index (χ0v) is 19.6. The van der Waals surface area contributed by atoms with Crippen LogP contribution in [0.3, 0.4) is 0 Å². The van der Waals surface area contributed by atoms with Crippen molar-refractivity contribution in [3.8, 4) is 0 Å². The normalized spacial score (nSPS) is 11.2. The van der Waals surface area contributed by atoms with Crippen LogP contribution in [0.15, 0.2) is 66.7 Å². The fourth-order valence-electron chi connectivity index (χ4n) is 2.88. The maximum Gasteiger partial charge on any atom is 0.251 e. The minimum absolute atomic E-state index is 0.0472. The van der Waals surface area contributed by atoms with Crippen LogP contribution in [0.25, 0.3) is 0 Å². The summed E-state index contributed by atoms with van der Waals surface area (Å²) in [6.45, 7) is 0.415. The summed E-state index contributed by atoms with van der Waals surface area (Å²) in [6, 6.07) is 18.7. The summed E-state index contributed by atoms with van der Waals surface area (Å²) in [5, 5.41) is 3.89. The zero-order valence-electron chi connectivity index (χ0n) is 16.5. The van der Waals surface area contributed by atoms with Gasteiger partial charge in [-0.2, -0.15) is 0 Å². The van der Waals surface area contributed by atoms with E-state index in [1.54, 1.807) is 54.6 Å².